The van der Waals surface area contributed by atoms with Crippen molar-refractivity contribution in [2.75, 3.05) is 6.54 Å². The van der Waals surface area contributed by atoms with Gasteiger partial charge in [0.25, 0.3) is 6.43 Å². The second-order valence-electron chi connectivity index (χ2n) is 4.07. The van der Waals surface area contributed by atoms with Crippen LogP contribution in [0, 0.1) is 0 Å². The van der Waals surface area contributed by atoms with Crippen LogP contribution in [0.3, 0.4) is 0 Å². The van der Waals surface area contributed by atoms with Gasteiger partial charge in [-0.2, -0.15) is 0 Å². The van der Waals surface area contributed by atoms with Crippen molar-refractivity contribution >= 4 is 17.7 Å². The molecule has 1 aliphatic heterocycles. The summed E-state index contributed by atoms with van der Waals surface area (Å²) in [7, 11) is 0. The number of amides is 1. The maximum absolute atomic E-state index is 12.1. The molecule has 0 bridgehead atoms. The molecule has 1 amide bonds. The Morgan fingerprint density at radius 3 is 2.89 bits per heavy atom. The zero-order chi connectivity index (χ0) is 13.1. The first-order chi connectivity index (χ1) is 8.58. The Hall–Kier alpha value is -1.14. The van der Waals surface area contributed by atoms with E-state index in [9.17, 15) is 13.6 Å². The summed E-state index contributed by atoms with van der Waals surface area (Å²) in [4.78, 5) is 12.8. The smallest absolute Gasteiger partial charge is 0.265 e. The van der Waals surface area contributed by atoms with Gasteiger partial charge in [-0.3, -0.25) is 4.79 Å². The number of aliphatic hydroxyl groups excluding tert-OH is 1. The summed E-state index contributed by atoms with van der Waals surface area (Å²) in [5, 5.41) is 11.0. The van der Waals surface area contributed by atoms with Crippen LogP contribution < -0.4 is 5.32 Å². The maximum Gasteiger partial charge on any atom is 0.265 e. The minimum Gasteiger partial charge on any atom is -0.385 e. The molecule has 2 N–H and O–H groups in total. The molecule has 18 heavy (non-hydrogen) atoms. The van der Waals surface area contributed by atoms with E-state index in [1.165, 1.54) is 11.8 Å². The van der Waals surface area contributed by atoms with E-state index in [0.717, 1.165) is 10.5 Å². The van der Waals surface area contributed by atoms with E-state index < -0.39 is 19.1 Å². The van der Waals surface area contributed by atoms with Crippen LogP contribution >= 0.6 is 11.8 Å². The normalized spacial score (nSPS) is 19.7. The van der Waals surface area contributed by atoms with Gasteiger partial charge in [0, 0.05) is 11.4 Å². The molecule has 2 atom stereocenters. The van der Waals surface area contributed by atoms with Gasteiger partial charge >= 0.3 is 0 Å². The van der Waals surface area contributed by atoms with Gasteiger partial charge in [-0.1, -0.05) is 18.2 Å². The van der Waals surface area contributed by atoms with Crippen LogP contribution in [0.1, 0.15) is 5.56 Å². The van der Waals surface area contributed by atoms with Gasteiger partial charge in [-0.15, -0.1) is 11.8 Å². The highest BCUT2D eigenvalue weighted by atomic mass is 32.2. The minimum absolute atomic E-state index is 0.299. The molecule has 1 heterocycles. The van der Waals surface area contributed by atoms with Crippen molar-refractivity contribution in [2.24, 2.45) is 0 Å². The molecule has 1 aromatic carbocycles. The largest absolute Gasteiger partial charge is 0.385 e. The molecule has 0 spiro atoms. The standard InChI is InChI=1S/C12H13F2NO2S/c13-11(14)8(16)6-15-12(17)10-5-7-3-1-2-4-9(7)18-10/h1-4,8,10-11,16H,5-6H2,(H,15,17). The second-order valence-corrected chi connectivity index (χ2v) is 5.31. The first-order valence-electron chi connectivity index (χ1n) is 5.56. The molecular formula is C12H13F2NO2S. The summed E-state index contributed by atoms with van der Waals surface area (Å²) in [6, 6.07) is 7.68. The van der Waals surface area contributed by atoms with Crippen LogP contribution in [-0.4, -0.2) is 35.3 Å². The molecule has 3 nitrogen and oxygen atoms in total. The van der Waals surface area contributed by atoms with Gasteiger partial charge in [-0.05, 0) is 18.1 Å². The number of nitrogens with one attached hydrogen (secondary N) is 1. The Bertz CT molecular complexity index is 417. The lowest BCUT2D eigenvalue weighted by Crippen LogP contribution is -2.40. The Balaban J connectivity index is 1.86. The lowest BCUT2D eigenvalue weighted by molar-refractivity contribution is -0.121. The molecule has 0 saturated carbocycles. The quantitative estimate of drug-likeness (QED) is 0.873. The summed E-state index contributed by atoms with van der Waals surface area (Å²) >= 11 is 1.42. The first kappa shape index (κ1) is 13.3. The van der Waals surface area contributed by atoms with Gasteiger partial charge in [0.1, 0.15) is 6.10 Å². The van der Waals surface area contributed by atoms with Gasteiger partial charge in [0.2, 0.25) is 5.91 Å². The van der Waals surface area contributed by atoms with Crippen molar-refractivity contribution in [3.63, 3.8) is 0 Å². The van der Waals surface area contributed by atoms with Gasteiger partial charge in [0.05, 0.1) is 5.25 Å². The van der Waals surface area contributed by atoms with Crippen LogP contribution in [0.5, 0.6) is 0 Å². The first-order valence-corrected chi connectivity index (χ1v) is 6.44. The van der Waals surface area contributed by atoms with Crippen molar-refractivity contribution < 1.29 is 18.7 Å². The Morgan fingerprint density at radius 2 is 2.22 bits per heavy atom. The summed E-state index contributed by atoms with van der Waals surface area (Å²) in [6.07, 6.45) is -4.04. The van der Waals surface area contributed by atoms with E-state index in [-0.39, 0.29) is 11.2 Å². The van der Waals surface area contributed by atoms with Gasteiger partial charge in [-0.25, -0.2) is 8.78 Å². The zero-order valence-corrected chi connectivity index (χ0v) is 10.3. The van der Waals surface area contributed by atoms with Crippen LogP contribution in [0.4, 0.5) is 8.78 Å². The molecule has 0 radical (unpaired) electrons. The van der Waals surface area contributed by atoms with E-state index in [1.807, 2.05) is 24.3 Å². The predicted octanol–water partition coefficient (Wildman–Crippen LogP) is 1.45. The molecule has 1 aromatic rings. The van der Waals surface area contributed by atoms with Gasteiger partial charge < -0.3 is 10.4 Å². The molecular weight excluding hydrogens is 260 g/mol. The molecule has 6 heteroatoms. The average molecular weight is 273 g/mol. The van der Waals surface area contributed by atoms with E-state index in [2.05, 4.69) is 5.32 Å². The number of hydrogen-bond acceptors (Lipinski definition) is 3. The molecule has 1 aliphatic rings. The fraction of sp³-hybridized carbons (Fsp3) is 0.417. The number of halogens is 2. The van der Waals surface area contributed by atoms with Crippen LogP contribution in [-0.2, 0) is 11.2 Å². The number of rotatable bonds is 4. The van der Waals surface area contributed by atoms with Crippen molar-refractivity contribution in [1.29, 1.82) is 0 Å². The molecule has 0 aliphatic carbocycles. The molecule has 0 aromatic heterocycles. The fourth-order valence-corrected chi connectivity index (χ4v) is 2.96. The molecule has 0 fully saturated rings. The van der Waals surface area contributed by atoms with Crippen LogP contribution in [0.2, 0.25) is 0 Å². The summed E-state index contributed by atoms with van der Waals surface area (Å²) < 4.78 is 24.1. The van der Waals surface area contributed by atoms with E-state index in [1.54, 1.807) is 0 Å². The predicted molar refractivity (Wildman–Crippen MR) is 64.8 cm³/mol. The monoisotopic (exact) mass is 273 g/mol. The highest BCUT2D eigenvalue weighted by Crippen LogP contribution is 2.36. The topological polar surface area (TPSA) is 49.3 Å². The Labute approximate surface area is 108 Å². The SMILES string of the molecule is O=C(NCC(O)C(F)F)C1Cc2ccccc2S1. The number of carbonyl (C=O) groups is 1. The average Bonchev–Trinajstić information content (AvgIpc) is 2.79. The number of fused-ring (bicyclic) bond motifs is 1. The van der Waals surface area contributed by atoms with Crippen LogP contribution in [0.25, 0.3) is 0 Å². The molecule has 2 unspecified atom stereocenters. The minimum atomic E-state index is -2.83. The lowest BCUT2D eigenvalue weighted by Gasteiger charge is -2.13. The van der Waals surface area contributed by atoms with Crippen molar-refractivity contribution in [3.8, 4) is 0 Å². The van der Waals surface area contributed by atoms with E-state index in [4.69, 9.17) is 5.11 Å². The number of aliphatic hydroxyl groups is 1. The maximum atomic E-state index is 12.1. The lowest BCUT2D eigenvalue weighted by atomic mass is 10.1. The number of benzene rings is 1. The molecule has 98 valence electrons. The van der Waals surface area contributed by atoms with Crippen molar-refractivity contribution in [2.45, 2.75) is 29.1 Å². The Kier molecular flexibility index (Phi) is 4.19. The third-order valence-corrected chi connectivity index (χ3v) is 4.03. The highest BCUT2D eigenvalue weighted by molar-refractivity contribution is 8.01. The van der Waals surface area contributed by atoms with Gasteiger partial charge in [0.15, 0.2) is 0 Å². The van der Waals surface area contributed by atoms with Crippen molar-refractivity contribution in [3.05, 3.63) is 29.8 Å². The molecule has 0 saturated heterocycles. The Morgan fingerprint density at radius 1 is 1.50 bits per heavy atom. The van der Waals surface area contributed by atoms with E-state index in [0.29, 0.717) is 6.42 Å². The van der Waals surface area contributed by atoms with Crippen molar-refractivity contribution in [1.82, 2.24) is 5.32 Å². The summed E-state index contributed by atoms with van der Waals surface area (Å²) in [5.41, 5.74) is 1.09. The third-order valence-electron chi connectivity index (χ3n) is 2.72. The van der Waals surface area contributed by atoms with E-state index >= 15 is 0 Å². The fourth-order valence-electron chi connectivity index (χ4n) is 1.74. The summed E-state index contributed by atoms with van der Waals surface area (Å²) in [5.74, 6) is -0.309. The number of hydrogen-bond donors (Lipinski definition) is 2. The second kappa shape index (κ2) is 5.67. The number of carbonyl (C=O) groups excluding carboxylic acids is 1. The third kappa shape index (κ3) is 3.00. The molecule has 2 rings (SSSR count). The number of alkyl halides is 2. The van der Waals surface area contributed by atoms with Crippen LogP contribution in [0.15, 0.2) is 29.2 Å². The highest BCUT2D eigenvalue weighted by Gasteiger charge is 2.28. The zero-order valence-electron chi connectivity index (χ0n) is 9.48. The summed E-state index contributed by atoms with van der Waals surface area (Å²) in [6.45, 7) is -0.413. The number of thioether (sulfide) groups is 1.